The predicted molar refractivity (Wildman–Crippen MR) is 58.7 cm³/mol. The standard InChI is InChI=1S/C8H18N3O5P/c9-17(12,15-10-1-5-13-6-2-10)16-11-3-7-14-8-4-11/h1-8H2,(H2,9,12). The van der Waals surface area contributed by atoms with Gasteiger partial charge in [0.1, 0.15) is 0 Å². The van der Waals surface area contributed by atoms with Crippen molar-refractivity contribution in [2.24, 2.45) is 5.50 Å². The third-order valence-electron chi connectivity index (χ3n) is 2.40. The molecule has 0 aliphatic carbocycles. The maximum atomic E-state index is 11.9. The van der Waals surface area contributed by atoms with Crippen molar-refractivity contribution in [2.75, 3.05) is 52.6 Å². The van der Waals surface area contributed by atoms with E-state index in [1.807, 2.05) is 0 Å². The number of hydrogen-bond donors (Lipinski definition) is 1. The second-order valence-corrected chi connectivity index (χ2v) is 5.19. The zero-order valence-electron chi connectivity index (χ0n) is 9.62. The van der Waals surface area contributed by atoms with E-state index < -0.39 is 7.75 Å². The molecule has 2 saturated heterocycles. The molecule has 0 bridgehead atoms. The lowest BCUT2D eigenvalue weighted by Gasteiger charge is -2.31. The van der Waals surface area contributed by atoms with Gasteiger partial charge in [-0.2, -0.15) is 10.1 Å². The van der Waals surface area contributed by atoms with Crippen molar-refractivity contribution >= 4 is 7.75 Å². The highest BCUT2D eigenvalue weighted by Gasteiger charge is 2.29. The molecule has 0 aromatic rings. The summed E-state index contributed by atoms with van der Waals surface area (Å²) in [5.74, 6) is 0. The van der Waals surface area contributed by atoms with Gasteiger partial charge in [0, 0.05) is 26.2 Å². The van der Waals surface area contributed by atoms with E-state index in [4.69, 9.17) is 24.2 Å². The van der Waals surface area contributed by atoms with Crippen LogP contribution < -0.4 is 5.50 Å². The Hall–Kier alpha value is -0.0500. The average molecular weight is 267 g/mol. The van der Waals surface area contributed by atoms with Crippen LogP contribution in [0.5, 0.6) is 0 Å². The minimum atomic E-state index is -3.59. The number of nitrogens with two attached hydrogens (primary N) is 1. The Labute approximate surface area is 100 Å². The summed E-state index contributed by atoms with van der Waals surface area (Å²) >= 11 is 0. The van der Waals surface area contributed by atoms with Gasteiger partial charge in [-0.3, -0.25) is 0 Å². The van der Waals surface area contributed by atoms with E-state index >= 15 is 0 Å². The van der Waals surface area contributed by atoms with Gasteiger partial charge in [-0.15, -0.1) is 0 Å². The van der Waals surface area contributed by atoms with Gasteiger partial charge in [0.25, 0.3) is 0 Å². The molecule has 0 amide bonds. The van der Waals surface area contributed by atoms with E-state index in [1.54, 1.807) is 0 Å². The molecule has 0 unspecified atom stereocenters. The minimum Gasteiger partial charge on any atom is -0.379 e. The molecule has 0 spiro atoms. The second-order valence-electron chi connectivity index (χ2n) is 3.79. The van der Waals surface area contributed by atoms with E-state index in [1.165, 1.54) is 10.1 Å². The molecule has 2 aliphatic rings. The van der Waals surface area contributed by atoms with Crippen molar-refractivity contribution in [3.8, 4) is 0 Å². The fourth-order valence-corrected chi connectivity index (χ4v) is 2.59. The van der Waals surface area contributed by atoms with Crippen LogP contribution in [0.1, 0.15) is 0 Å². The van der Waals surface area contributed by atoms with Crippen molar-refractivity contribution in [3.63, 3.8) is 0 Å². The minimum absolute atomic E-state index is 0.535. The Morgan fingerprint density at radius 2 is 1.24 bits per heavy atom. The molecule has 100 valence electrons. The predicted octanol–water partition coefficient (Wildman–Crippen LogP) is -0.419. The smallest absolute Gasteiger partial charge is 0.379 e. The first-order valence-corrected chi connectivity index (χ1v) is 7.20. The van der Waals surface area contributed by atoms with E-state index in [0.717, 1.165) is 0 Å². The zero-order chi connectivity index (χ0) is 12.1. The van der Waals surface area contributed by atoms with E-state index in [9.17, 15) is 4.57 Å². The number of hydrogen-bond acceptors (Lipinski definition) is 7. The summed E-state index contributed by atoms with van der Waals surface area (Å²) in [4.78, 5) is 0. The summed E-state index contributed by atoms with van der Waals surface area (Å²) < 4.78 is 32.5. The van der Waals surface area contributed by atoms with Crippen LogP contribution in [0.3, 0.4) is 0 Å². The van der Waals surface area contributed by atoms with Crippen molar-refractivity contribution in [3.05, 3.63) is 0 Å². The number of morpholine rings is 2. The summed E-state index contributed by atoms with van der Waals surface area (Å²) in [6.07, 6.45) is 0. The van der Waals surface area contributed by atoms with Crippen molar-refractivity contribution in [1.82, 2.24) is 10.1 Å². The van der Waals surface area contributed by atoms with Gasteiger partial charge in [0.05, 0.1) is 26.4 Å². The molecule has 0 atom stereocenters. The Balaban J connectivity index is 1.78. The first-order valence-electron chi connectivity index (χ1n) is 5.59. The first kappa shape index (κ1) is 13.4. The highest BCUT2D eigenvalue weighted by Crippen LogP contribution is 2.41. The second kappa shape index (κ2) is 6.21. The van der Waals surface area contributed by atoms with Gasteiger partial charge in [0.2, 0.25) is 0 Å². The molecule has 0 aromatic heterocycles. The van der Waals surface area contributed by atoms with Crippen molar-refractivity contribution < 1.29 is 23.3 Å². The van der Waals surface area contributed by atoms with E-state index in [-0.39, 0.29) is 0 Å². The van der Waals surface area contributed by atoms with Crippen LogP contribution in [0.2, 0.25) is 0 Å². The molecule has 2 fully saturated rings. The fourth-order valence-electron chi connectivity index (χ4n) is 1.59. The lowest BCUT2D eigenvalue weighted by Crippen LogP contribution is -2.39. The Morgan fingerprint density at radius 3 is 1.59 bits per heavy atom. The molecule has 0 radical (unpaired) electrons. The van der Waals surface area contributed by atoms with Gasteiger partial charge in [-0.1, -0.05) is 0 Å². The highest BCUT2D eigenvalue weighted by atomic mass is 31.2. The molecular formula is C8H18N3O5P. The molecular weight excluding hydrogens is 249 g/mol. The van der Waals surface area contributed by atoms with Crippen LogP contribution in [0.25, 0.3) is 0 Å². The summed E-state index contributed by atoms with van der Waals surface area (Å²) in [6.45, 7) is 4.30. The number of hydroxylamine groups is 4. The first-order chi connectivity index (χ1) is 8.16. The van der Waals surface area contributed by atoms with Gasteiger partial charge in [-0.25, -0.2) is 19.3 Å². The summed E-state index contributed by atoms with van der Waals surface area (Å²) in [5.41, 5.74) is 5.52. The molecule has 8 nitrogen and oxygen atoms in total. The summed E-state index contributed by atoms with van der Waals surface area (Å²) in [7, 11) is -3.59. The van der Waals surface area contributed by atoms with Crippen LogP contribution >= 0.6 is 7.75 Å². The van der Waals surface area contributed by atoms with Crippen LogP contribution in [-0.2, 0) is 23.3 Å². The molecule has 2 heterocycles. The van der Waals surface area contributed by atoms with Crippen LogP contribution in [-0.4, -0.2) is 62.7 Å². The SMILES string of the molecule is NP(=O)(ON1CCOCC1)ON1CCOCC1. The van der Waals surface area contributed by atoms with E-state index in [2.05, 4.69) is 0 Å². The highest BCUT2D eigenvalue weighted by molar-refractivity contribution is 7.51. The molecule has 0 saturated carbocycles. The lowest BCUT2D eigenvalue weighted by atomic mass is 10.5. The lowest BCUT2D eigenvalue weighted by molar-refractivity contribution is -0.166. The topological polar surface area (TPSA) is 86.5 Å². The third kappa shape index (κ3) is 4.61. The number of rotatable bonds is 4. The zero-order valence-corrected chi connectivity index (χ0v) is 10.5. The quantitative estimate of drug-likeness (QED) is 0.687. The van der Waals surface area contributed by atoms with Crippen LogP contribution in [0, 0.1) is 0 Å². The van der Waals surface area contributed by atoms with Gasteiger partial charge in [0.15, 0.2) is 0 Å². The molecule has 0 aromatic carbocycles. The largest absolute Gasteiger partial charge is 0.436 e. The maximum absolute atomic E-state index is 11.9. The number of ether oxygens (including phenoxy) is 2. The van der Waals surface area contributed by atoms with Crippen molar-refractivity contribution in [2.45, 2.75) is 0 Å². The molecule has 2 N–H and O–H groups in total. The average Bonchev–Trinajstić information content (AvgIpc) is 2.30. The van der Waals surface area contributed by atoms with Gasteiger partial charge in [-0.05, 0) is 0 Å². The summed E-state index contributed by atoms with van der Waals surface area (Å²) in [6, 6.07) is 0. The van der Waals surface area contributed by atoms with Gasteiger partial charge >= 0.3 is 7.75 Å². The molecule has 2 aliphatic heterocycles. The molecule has 17 heavy (non-hydrogen) atoms. The van der Waals surface area contributed by atoms with E-state index in [0.29, 0.717) is 52.6 Å². The van der Waals surface area contributed by atoms with Crippen LogP contribution in [0.4, 0.5) is 0 Å². The number of nitrogens with zero attached hydrogens (tertiary/aromatic N) is 2. The molecule has 9 heteroatoms. The Morgan fingerprint density at radius 1 is 0.882 bits per heavy atom. The normalized spacial score (nSPS) is 25.0. The summed E-state index contributed by atoms with van der Waals surface area (Å²) in [5, 5.41) is 3.04. The van der Waals surface area contributed by atoms with Crippen molar-refractivity contribution in [1.29, 1.82) is 0 Å². The van der Waals surface area contributed by atoms with Gasteiger partial charge < -0.3 is 9.47 Å². The monoisotopic (exact) mass is 267 g/mol. The maximum Gasteiger partial charge on any atom is 0.436 e. The third-order valence-corrected chi connectivity index (χ3v) is 3.32. The Kier molecular flexibility index (Phi) is 4.89. The molecule has 2 rings (SSSR count). The Bertz CT molecular complexity index is 256. The fraction of sp³-hybridized carbons (Fsp3) is 1.00. The van der Waals surface area contributed by atoms with Crippen LogP contribution in [0.15, 0.2) is 0 Å².